The van der Waals surface area contributed by atoms with Crippen LogP contribution in [0.3, 0.4) is 0 Å². The molecule has 0 aliphatic carbocycles. The molecule has 0 radical (unpaired) electrons. The molecule has 0 aliphatic rings. The van der Waals surface area contributed by atoms with Gasteiger partial charge in [0, 0.05) is 6.42 Å². The Bertz CT molecular complexity index is 261. The van der Waals surface area contributed by atoms with E-state index in [-0.39, 0.29) is 23.7 Å². The lowest BCUT2D eigenvalue weighted by molar-refractivity contribution is -0.141. The minimum absolute atomic E-state index is 0.108. The summed E-state index contributed by atoms with van der Waals surface area (Å²) in [6, 6.07) is 0. The topological polar surface area (TPSA) is 46.2 Å². The summed E-state index contributed by atoms with van der Waals surface area (Å²) in [4.78, 5) is 23.9. The van der Waals surface area contributed by atoms with Crippen molar-refractivity contribution in [1.29, 1.82) is 0 Å². The predicted molar refractivity (Wildman–Crippen MR) is 70.5 cm³/mol. The normalized spacial score (nSPS) is 12.0. The maximum atomic E-state index is 12.3. The molecule has 0 fully saturated rings. The van der Waals surface area contributed by atoms with Crippen molar-refractivity contribution in [2.75, 3.05) is 0 Å². The van der Waals surface area contributed by atoms with Gasteiger partial charge in [-0.1, -0.05) is 41.5 Å². The van der Waals surface area contributed by atoms with Crippen LogP contribution in [-0.2, 0) is 9.59 Å². The van der Waals surface area contributed by atoms with Crippen LogP contribution >= 0.6 is 0 Å². The Morgan fingerprint density at radius 3 is 1.82 bits per heavy atom. The Labute approximate surface area is 105 Å². The number of hydrogen-bond donors (Lipinski definition) is 1. The van der Waals surface area contributed by atoms with Gasteiger partial charge in [-0.2, -0.15) is 0 Å². The van der Waals surface area contributed by atoms with Gasteiger partial charge in [-0.3, -0.25) is 14.9 Å². The molecular weight excluding hydrogens is 214 g/mol. The van der Waals surface area contributed by atoms with Crippen LogP contribution in [0.25, 0.3) is 0 Å². The van der Waals surface area contributed by atoms with Crippen molar-refractivity contribution in [3.63, 3.8) is 0 Å². The van der Waals surface area contributed by atoms with Crippen molar-refractivity contribution in [3.05, 3.63) is 0 Å². The fourth-order valence-electron chi connectivity index (χ4n) is 2.70. The largest absolute Gasteiger partial charge is 0.296 e. The first kappa shape index (κ1) is 16.1. The van der Waals surface area contributed by atoms with Crippen molar-refractivity contribution >= 4 is 11.8 Å². The maximum Gasteiger partial charge on any atom is 0.233 e. The van der Waals surface area contributed by atoms with Gasteiger partial charge in [0.1, 0.15) is 0 Å². The lowest BCUT2D eigenvalue weighted by Gasteiger charge is -2.38. The lowest BCUT2D eigenvalue weighted by atomic mass is 9.66. The number of amides is 2. The number of carbonyl (C=O) groups is 2. The molecule has 0 aliphatic heterocycles. The van der Waals surface area contributed by atoms with Gasteiger partial charge in [-0.25, -0.2) is 0 Å². The van der Waals surface area contributed by atoms with E-state index in [0.717, 1.165) is 12.8 Å². The number of imide groups is 1. The van der Waals surface area contributed by atoms with Crippen LogP contribution in [0.4, 0.5) is 0 Å². The molecule has 0 aromatic rings. The summed E-state index contributed by atoms with van der Waals surface area (Å²) >= 11 is 0. The Hall–Kier alpha value is -0.860. The van der Waals surface area contributed by atoms with E-state index in [1.165, 1.54) is 0 Å². The van der Waals surface area contributed by atoms with E-state index in [9.17, 15) is 9.59 Å². The Morgan fingerprint density at radius 2 is 1.53 bits per heavy atom. The van der Waals surface area contributed by atoms with Gasteiger partial charge in [0.25, 0.3) is 0 Å². The fraction of sp³-hybridized carbons (Fsp3) is 0.857. The second-order valence-corrected chi connectivity index (χ2v) is 5.33. The van der Waals surface area contributed by atoms with Gasteiger partial charge in [-0.15, -0.1) is 0 Å². The van der Waals surface area contributed by atoms with Crippen LogP contribution in [-0.4, -0.2) is 11.8 Å². The van der Waals surface area contributed by atoms with Gasteiger partial charge in [0.05, 0.1) is 5.41 Å². The highest BCUT2D eigenvalue weighted by Gasteiger charge is 2.43. The Morgan fingerprint density at radius 1 is 1.06 bits per heavy atom. The third kappa shape index (κ3) is 3.55. The van der Waals surface area contributed by atoms with Crippen molar-refractivity contribution in [1.82, 2.24) is 5.32 Å². The fourth-order valence-corrected chi connectivity index (χ4v) is 2.70. The quantitative estimate of drug-likeness (QED) is 0.776. The zero-order valence-electron chi connectivity index (χ0n) is 12.1. The highest BCUT2D eigenvalue weighted by Crippen LogP contribution is 2.39. The van der Waals surface area contributed by atoms with Crippen molar-refractivity contribution in [2.24, 2.45) is 17.3 Å². The second kappa shape index (κ2) is 6.77. The molecule has 100 valence electrons. The third-order valence-electron chi connectivity index (χ3n) is 3.80. The minimum Gasteiger partial charge on any atom is -0.296 e. The van der Waals surface area contributed by atoms with Crippen molar-refractivity contribution in [2.45, 2.75) is 60.8 Å². The highest BCUT2D eigenvalue weighted by atomic mass is 16.2. The summed E-state index contributed by atoms with van der Waals surface area (Å²) in [5.74, 6) is 0.184. The SMILES string of the molecule is CCCC(=O)NC(=O)C(CC)(C(C)C)C(C)C. The van der Waals surface area contributed by atoms with E-state index in [1.54, 1.807) is 0 Å². The average Bonchev–Trinajstić information content (AvgIpc) is 2.18. The predicted octanol–water partition coefficient (Wildman–Crippen LogP) is 3.14. The molecule has 3 heteroatoms. The van der Waals surface area contributed by atoms with E-state index >= 15 is 0 Å². The highest BCUT2D eigenvalue weighted by molar-refractivity contribution is 5.98. The summed E-state index contributed by atoms with van der Waals surface area (Å²) < 4.78 is 0. The van der Waals surface area contributed by atoms with Gasteiger partial charge in [-0.05, 0) is 24.7 Å². The van der Waals surface area contributed by atoms with E-state index in [1.807, 2.05) is 41.5 Å². The Kier molecular flexibility index (Phi) is 6.43. The molecule has 0 saturated carbocycles. The summed E-state index contributed by atoms with van der Waals surface area (Å²) in [5.41, 5.74) is -0.441. The molecule has 17 heavy (non-hydrogen) atoms. The number of rotatable bonds is 6. The molecule has 0 atom stereocenters. The van der Waals surface area contributed by atoms with Gasteiger partial charge in [0.2, 0.25) is 11.8 Å². The third-order valence-corrected chi connectivity index (χ3v) is 3.80. The monoisotopic (exact) mass is 241 g/mol. The lowest BCUT2D eigenvalue weighted by Crippen LogP contribution is -2.49. The molecule has 0 saturated heterocycles. The van der Waals surface area contributed by atoms with Crippen LogP contribution < -0.4 is 5.32 Å². The first-order valence-corrected chi connectivity index (χ1v) is 6.67. The van der Waals surface area contributed by atoms with Crippen LogP contribution in [0.5, 0.6) is 0 Å². The molecule has 3 nitrogen and oxygen atoms in total. The standard InChI is InChI=1S/C14H27NO2/c1-7-9-12(16)15-13(17)14(8-2,10(3)4)11(5)6/h10-11H,7-9H2,1-6H3,(H,15,16,17). The van der Waals surface area contributed by atoms with E-state index in [0.29, 0.717) is 6.42 Å². The second-order valence-electron chi connectivity index (χ2n) is 5.33. The molecule has 1 N–H and O–H groups in total. The first-order chi connectivity index (χ1) is 7.82. The first-order valence-electron chi connectivity index (χ1n) is 6.67. The molecule has 0 spiro atoms. The molecular formula is C14H27NO2. The van der Waals surface area contributed by atoms with Crippen LogP contribution in [0, 0.1) is 17.3 Å². The molecule has 0 heterocycles. The molecule has 0 rings (SSSR count). The van der Waals surface area contributed by atoms with Gasteiger partial charge < -0.3 is 0 Å². The zero-order valence-corrected chi connectivity index (χ0v) is 12.1. The molecule has 2 amide bonds. The Balaban J connectivity index is 4.94. The summed E-state index contributed by atoms with van der Waals surface area (Å²) in [6.45, 7) is 12.1. The summed E-state index contributed by atoms with van der Waals surface area (Å²) in [5, 5.41) is 2.56. The number of nitrogens with one attached hydrogen (secondary N) is 1. The van der Waals surface area contributed by atoms with Crippen LogP contribution in [0.2, 0.25) is 0 Å². The smallest absolute Gasteiger partial charge is 0.233 e. The summed E-state index contributed by atoms with van der Waals surface area (Å²) in [7, 11) is 0. The van der Waals surface area contributed by atoms with Crippen molar-refractivity contribution in [3.8, 4) is 0 Å². The van der Waals surface area contributed by atoms with Crippen LogP contribution in [0.1, 0.15) is 60.8 Å². The molecule has 0 aromatic heterocycles. The van der Waals surface area contributed by atoms with E-state index < -0.39 is 5.41 Å². The molecule has 0 bridgehead atoms. The van der Waals surface area contributed by atoms with E-state index in [4.69, 9.17) is 0 Å². The average molecular weight is 241 g/mol. The van der Waals surface area contributed by atoms with Gasteiger partial charge in [0.15, 0.2) is 0 Å². The number of hydrogen-bond acceptors (Lipinski definition) is 2. The number of carbonyl (C=O) groups excluding carboxylic acids is 2. The van der Waals surface area contributed by atoms with Crippen LogP contribution in [0.15, 0.2) is 0 Å². The van der Waals surface area contributed by atoms with Crippen molar-refractivity contribution < 1.29 is 9.59 Å². The maximum absolute atomic E-state index is 12.3. The molecule has 0 unspecified atom stereocenters. The summed E-state index contributed by atoms with van der Waals surface area (Å²) in [6.07, 6.45) is 1.94. The minimum atomic E-state index is -0.441. The zero-order chi connectivity index (χ0) is 13.6. The molecule has 0 aromatic carbocycles. The van der Waals surface area contributed by atoms with Gasteiger partial charge >= 0.3 is 0 Å². The van der Waals surface area contributed by atoms with E-state index in [2.05, 4.69) is 5.32 Å².